The van der Waals surface area contributed by atoms with Crippen molar-refractivity contribution < 1.29 is 9.53 Å². The SMILES string of the molecule is C=C(/C=C(\C)C(=O)Nc1cc(OC)c2[nH]c(=O)cc(C)c2c1)CC. The standard InChI is InChI=1S/C19H22N2O3/c1-6-11(2)7-13(4)19(23)20-14-9-15-12(3)8-17(22)21-18(15)16(10-14)24-5/h7-10H,2,6H2,1,3-5H3,(H,20,23)(H,21,22)/b13-7+. The maximum Gasteiger partial charge on any atom is 0.251 e. The van der Waals surface area contributed by atoms with Crippen LogP contribution >= 0.6 is 0 Å². The average molecular weight is 326 g/mol. The van der Waals surface area contributed by atoms with Crippen LogP contribution in [0.2, 0.25) is 0 Å². The number of allylic oxidation sites excluding steroid dienone is 2. The molecule has 2 rings (SSSR count). The van der Waals surface area contributed by atoms with Crippen molar-refractivity contribution >= 4 is 22.5 Å². The zero-order valence-corrected chi connectivity index (χ0v) is 14.4. The minimum absolute atomic E-state index is 0.188. The van der Waals surface area contributed by atoms with Gasteiger partial charge in [0.1, 0.15) is 5.75 Å². The Balaban J connectivity index is 2.43. The van der Waals surface area contributed by atoms with Crippen molar-refractivity contribution in [2.45, 2.75) is 27.2 Å². The second kappa shape index (κ2) is 7.17. The number of pyridine rings is 1. The lowest BCUT2D eigenvalue weighted by molar-refractivity contribution is -0.112. The highest BCUT2D eigenvalue weighted by Gasteiger charge is 2.11. The van der Waals surface area contributed by atoms with Crippen molar-refractivity contribution in [3.05, 3.63) is 57.9 Å². The Morgan fingerprint density at radius 3 is 2.71 bits per heavy atom. The molecule has 0 aliphatic rings. The molecular formula is C19H22N2O3. The summed E-state index contributed by atoms with van der Waals surface area (Å²) in [6, 6.07) is 5.03. The highest BCUT2D eigenvalue weighted by Crippen LogP contribution is 2.29. The molecule has 24 heavy (non-hydrogen) atoms. The Morgan fingerprint density at radius 2 is 2.08 bits per heavy atom. The van der Waals surface area contributed by atoms with E-state index >= 15 is 0 Å². The molecule has 1 heterocycles. The van der Waals surface area contributed by atoms with Gasteiger partial charge in [0.15, 0.2) is 0 Å². The first-order valence-electron chi connectivity index (χ1n) is 7.74. The second-order valence-corrected chi connectivity index (χ2v) is 5.71. The van der Waals surface area contributed by atoms with E-state index in [9.17, 15) is 9.59 Å². The summed E-state index contributed by atoms with van der Waals surface area (Å²) < 4.78 is 5.35. The molecule has 0 fully saturated rings. The highest BCUT2D eigenvalue weighted by molar-refractivity contribution is 6.05. The number of nitrogens with one attached hydrogen (secondary N) is 2. The lowest BCUT2D eigenvalue weighted by Crippen LogP contribution is -2.13. The number of rotatable bonds is 5. The number of H-pyrrole nitrogens is 1. The lowest BCUT2D eigenvalue weighted by atomic mass is 10.1. The number of methoxy groups -OCH3 is 1. The van der Waals surface area contributed by atoms with Crippen LogP contribution in [0.15, 0.2) is 46.8 Å². The molecule has 5 nitrogen and oxygen atoms in total. The number of hydrogen-bond acceptors (Lipinski definition) is 3. The first-order valence-corrected chi connectivity index (χ1v) is 7.74. The van der Waals surface area contributed by atoms with Gasteiger partial charge in [0.2, 0.25) is 5.56 Å². The lowest BCUT2D eigenvalue weighted by Gasteiger charge is -2.12. The molecule has 0 unspecified atom stereocenters. The van der Waals surface area contributed by atoms with E-state index in [2.05, 4.69) is 16.9 Å². The number of hydrogen-bond donors (Lipinski definition) is 2. The molecule has 0 saturated heterocycles. The first kappa shape index (κ1) is 17.5. The van der Waals surface area contributed by atoms with Gasteiger partial charge in [0, 0.05) is 28.8 Å². The third-order valence-electron chi connectivity index (χ3n) is 3.83. The maximum absolute atomic E-state index is 12.3. The summed E-state index contributed by atoms with van der Waals surface area (Å²) in [6.07, 6.45) is 2.57. The largest absolute Gasteiger partial charge is 0.494 e. The summed E-state index contributed by atoms with van der Waals surface area (Å²) in [6.45, 7) is 9.46. The molecule has 0 saturated carbocycles. The number of aromatic nitrogens is 1. The number of fused-ring (bicyclic) bond motifs is 1. The van der Waals surface area contributed by atoms with Crippen LogP contribution in [0.4, 0.5) is 5.69 Å². The van der Waals surface area contributed by atoms with Gasteiger partial charge in [-0.15, -0.1) is 0 Å². The number of ether oxygens (including phenoxy) is 1. The van der Waals surface area contributed by atoms with Gasteiger partial charge in [-0.2, -0.15) is 0 Å². The second-order valence-electron chi connectivity index (χ2n) is 5.71. The van der Waals surface area contributed by atoms with Gasteiger partial charge in [-0.3, -0.25) is 9.59 Å². The van der Waals surface area contributed by atoms with Crippen molar-refractivity contribution in [2.75, 3.05) is 12.4 Å². The van der Waals surface area contributed by atoms with Crippen LogP contribution in [0.1, 0.15) is 25.8 Å². The molecular weight excluding hydrogens is 304 g/mol. The fourth-order valence-corrected chi connectivity index (χ4v) is 2.43. The Bertz CT molecular complexity index is 891. The van der Waals surface area contributed by atoms with E-state index in [-0.39, 0.29) is 11.5 Å². The summed E-state index contributed by atoms with van der Waals surface area (Å²) in [5.74, 6) is 0.302. The maximum atomic E-state index is 12.3. The number of aryl methyl sites for hydroxylation is 1. The predicted octanol–water partition coefficient (Wildman–Crippen LogP) is 3.70. The number of amides is 1. The number of benzene rings is 1. The molecule has 2 N–H and O–H groups in total. The molecule has 0 spiro atoms. The smallest absolute Gasteiger partial charge is 0.251 e. The van der Waals surface area contributed by atoms with Crippen molar-refractivity contribution in [1.82, 2.24) is 4.98 Å². The average Bonchev–Trinajstić information content (AvgIpc) is 2.54. The molecule has 0 atom stereocenters. The monoisotopic (exact) mass is 326 g/mol. The highest BCUT2D eigenvalue weighted by atomic mass is 16.5. The molecule has 2 aromatic rings. The van der Waals surface area contributed by atoms with E-state index in [1.807, 2.05) is 19.9 Å². The number of aromatic amines is 1. The summed E-state index contributed by atoms with van der Waals surface area (Å²) in [5.41, 5.74) is 3.33. The number of carbonyl (C=O) groups is 1. The predicted molar refractivity (Wildman–Crippen MR) is 97.7 cm³/mol. The third-order valence-corrected chi connectivity index (χ3v) is 3.83. The van der Waals surface area contributed by atoms with Crippen LogP contribution in [-0.4, -0.2) is 18.0 Å². The molecule has 5 heteroatoms. The van der Waals surface area contributed by atoms with Crippen molar-refractivity contribution in [2.24, 2.45) is 0 Å². The molecule has 0 aliphatic heterocycles. The topological polar surface area (TPSA) is 71.2 Å². The van der Waals surface area contributed by atoms with Crippen LogP contribution in [0.3, 0.4) is 0 Å². The van der Waals surface area contributed by atoms with Crippen molar-refractivity contribution in [3.63, 3.8) is 0 Å². The Labute approximate surface area is 141 Å². The van der Waals surface area contributed by atoms with Crippen LogP contribution in [-0.2, 0) is 4.79 Å². The fourth-order valence-electron chi connectivity index (χ4n) is 2.43. The Morgan fingerprint density at radius 1 is 1.38 bits per heavy atom. The van der Waals surface area contributed by atoms with E-state index < -0.39 is 0 Å². The van der Waals surface area contributed by atoms with Crippen LogP contribution in [0.25, 0.3) is 10.9 Å². The minimum Gasteiger partial charge on any atom is -0.494 e. The van der Waals surface area contributed by atoms with Crippen LogP contribution < -0.4 is 15.6 Å². The van der Waals surface area contributed by atoms with Gasteiger partial charge < -0.3 is 15.0 Å². The normalized spacial score (nSPS) is 11.4. The molecule has 0 bridgehead atoms. The Kier molecular flexibility index (Phi) is 5.24. The van der Waals surface area contributed by atoms with Gasteiger partial charge in [-0.25, -0.2) is 0 Å². The quantitative estimate of drug-likeness (QED) is 0.650. The number of anilines is 1. The minimum atomic E-state index is -0.201. The zero-order valence-electron chi connectivity index (χ0n) is 14.4. The van der Waals surface area contributed by atoms with Crippen LogP contribution in [0.5, 0.6) is 5.75 Å². The zero-order chi connectivity index (χ0) is 17.9. The van der Waals surface area contributed by atoms with E-state index in [0.29, 0.717) is 22.5 Å². The fraction of sp³-hybridized carbons (Fsp3) is 0.263. The third kappa shape index (κ3) is 3.74. The summed E-state index contributed by atoms with van der Waals surface area (Å²) in [7, 11) is 1.53. The Hall–Kier alpha value is -2.82. The molecule has 1 aromatic carbocycles. The van der Waals surface area contributed by atoms with Gasteiger partial charge >= 0.3 is 0 Å². The van der Waals surface area contributed by atoms with Crippen molar-refractivity contribution in [3.8, 4) is 5.75 Å². The summed E-state index contributed by atoms with van der Waals surface area (Å²) in [4.78, 5) is 26.7. The molecule has 0 radical (unpaired) electrons. The molecule has 1 amide bonds. The molecule has 0 aliphatic carbocycles. The van der Waals surface area contributed by atoms with E-state index in [0.717, 1.165) is 22.9 Å². The van der Waals surface area contributed by atoms with E-state index in [1.54, 1.807) is 19.1 Å². The van der Waals surface area contributed by atoms with Gasteiger partial charge in [0.05, 0.1) is 12.6 Å². The summed E-state index contributed by atoms with van der Waals surface area (Å²) in [5, 5.41) is 3.68. The van der Waals surface area contributed by atoms with Gasteiger partial charge in [-0.1, -0.05) is 25.2 Å². The van der Waals surface area contributed by atoms with E-state index in [1.165, 1.54) is 13.2 Å². The van der Waals surface area contributed by atoms with E-state index in [4.69, 9.17) is 4.74 Å². The molecule has 1 aromatic heterocycles. The van der Waals surface area contributed by atoms with Gasteiger partial charge in [0.25, 0.3) is 5.91 Å². The summed E-state index contributed by atoms with van der Waals surface area (Å²) >= 11 is 0. The number of carbonyl (C=O) groups excluding carboxylic acids is 1. The van der Waals surface area contributed by atoms with Crippen LogP contribution in [0, 0.1) is 6.92 Å². The van der Waals surface area contributed by atoms with Gasteiger partial charge in [-0.05, 0) is 31.9 Å². The first-order chi connectivity index (χ1) is 11.3. The van der Waals surface area contributed by atoms with Crippen molar-refractivity contribution in [1.29, 1.82) is 0 Å². The molecule has 126 valence electrons.